The van der Waals surface area contributed by atoms with E-state index in [0.29, 0.717) is 19.4 Å². The molecule has 2 N–H and O–H groups in total. The van der Waals surface area contributed by atoms with Crippen molar-refractivity contribution in [3.05, 3.63) is 29.3 Å². The summed E-state index contributed by atoms with van der Waals surface area (Å²) < 4.78 is 26.4. The second kappa shape index (κ2) is 8.24. The molecule has 20 heavy (non-hydrogen) atoms. The van der Waals surface area contributed by atoms with Crippen LogP contribution in [-0.4, -0.2) is 26.0 Å². The topological polar surface area (TPSA) is 83.5 Å². The summed E-state index contributed by atoms with van der Waals surface area (Å²) in [5, 5.41) is 8.67. The number of carboxylic acid groups (broad SMARTS) is 1. The quantitative estimate of drug-likeness (QED) is 0.685. The highest BCUT2D eigenvalue weighted by Gasteiger charge is 2.16. The number of hydrogen-bond donors (Lipinski definition) is 2. The number of carboxylic acids is 1. The third-order valence-electron chi connectivity index (χ3n) is 2.74. The first kappa shape index (κ1) is 16.9. The minimum Gasteiger partial charge on any atom is -0.481 e. The maximum Gasteiger partial charge on any atom is 0.303 e. The van der Waals surface area contributed by atoms with Gasteiger partial charge in [0.2, 0.25) is 10.0 Å². The molecule has 0 atom stereocenters. The smallest absolute Gasteiger partial charge is 0.303 e. The first-order chi connectivity index (χ1) is 9.43. The van der Waals surface area contributed by atoms with E-state index < -0.39 is 16.0 Å². The number of carbonyl (C=O) groups is 1. The Bertz CT molecular complexity index is 545. The standard InChI is InChI=1S/C13H18ClNO4S/c14-11-7-4-5-8-12(11)20(18,19)15-10-6-2-1-3-9-13(16)17/h4-5,7-8,15H,1-3,6,9-10H2,(H,16,17). The number of halogens is 1. The number of aliphatic carboxylic acids is 1. The van der Waals surface area contributed by atoms with Crippen molar-refractivity contribution in [3.8, 4) is 0 Å². The molecule has 0 saturated heterocycles. The molecule has 0 heterocycles. The first-order valence-electron chi connectivity index (χ1n) is 6.39. The lowest BCUT2D eigenvalue weighted by atomic mass is 10.1. The number of rotatable bonds is 9. The fraction of sp³-hybridized carbons (Fsp3) is 0.462. The van der Waals surface area contributed by atoms with E-state index in [1.54, 1.807) is 12.1 Å². The van der Waals surface area contributed by atoms with Crippen LogP contribution in [0.15, 0.2) is 29.2 Å². The number of sulfonamides is 1. The summed E-state index contributed by atoms with van der Waals surface area (Å²) in [6.45, 7) is 0.320. The summed E-state index contributed by atoms with van der Waals surface area (Å²) in [7, 11) is -3.57. The van der Waals surface area contributed by atoms with Gasteiger partial charge >= 0.3 is 5.97 Å². The van der Waals surface area contributed by atoms with E-state index in [1.165, 1.54) is 12.1 Å². The molecule has 0 bridgehead atoms. The molecule has 0 aromatic heterocycles. The van der Waals surface area contributed by atoms with Gasteiger partial charge in [0.1, 0.15) is 4.90 Å². The summed E-state index contributed by atoms with van der Waals surface area (Å²) in [5.74, 6) is -0.801. The molecule has 0 aliphatic carbocycles. The molecule has 0 unspecified atom stereocenters. The van der Waals surface area contributed by atoms with Crippen molar-refractivity contribution in [2.45, 2.75) is 37.0 Å². The summed E-state index contributed by atoms with van der Waals surface area (Å²) in [6, 6.07) is 6.27. The maximum absolute atomic E-state index is 12.0. The van der Waals surface area contributed by atoms with Crippen LogP contribution in [0.2, 0.25) is 5.02 Å². The van der Waals surface area contributed by atoms with E-state index in [0.717, 1.165) is 12.8 Å². The SMILES string of the molecule is O=C(O)CCCCCCNS(=O)(=O)c1ccccc1Cl. The lowest BCUT2D eigenvalue weighted by molar-refractivity contribution is -0.137. The summed E-state index contributed by atoms with van der Waals surface area (Å²) in [4.78, 5) is 10.4. The predicted molar refractivity (Wildman–Crippen MR) is 77.4 cm³/mol. The van der Waals surface area contributed by atoms with Crippen LogP contribution in [0.5, 0.6) is 0 Å². The Labute approximate surface area is 124 Å². The van der Waals surface area contributed by atoms with E-state index in [1.807, 2.05) is 0 Å². The highest BCUT2D eigenvalue weighted by molar-refractivity contribution is 7.89. The fourth-order valence-electron chi connectivity index (χ4n) is 1.70. The lowest BCUT2D eigenvalue weighted by Crippen LogP contribution is -2.25. The Kier molecular flexibility index (Phi) is 6.98. The largest absolute Gasteiger partial charge is 0.481 e. The molecule has 0 aliphatic heterocycles. The molecule has 1 rings (SSSR count). The molecule has 0 radical (unpaired) electrons. The number of nitrogens with one attached hydrogen (secondary N) is 1. The van der Waals surface area contributed by atoms with Crippen LogP contribution in [0, 0.1) is 0 Å². The number of hydrogen-bond acceptors (Lipinski definition) is 3. The zero-order chi connectivity index (χ0) is 15.0. The normalized spacial score (nSPS) is 11.4. The minimum absolute atomic E-state index is 0.0764. The molecule has 0 aliphatic rings. The summed E-state index contributed by atoms with van der Waals surface area (Å²) in [5.41, 5.74) is 0. The maximum atomic E-state index is 12.0. The van der Waals surface area contributed by atoms with Gasteiger partial charge in [-0.05, 0) is 25.0 Å². The Morgan fingerprint density at radius 2 is 1.80 bits per heavy atom. The second-order valence-electron chi connectivity index (χ2n) is 4.39. The number of unbranched alkanes of at least 4 members (excludes halogenated alkanes) is 3. The van der Waals surface area contributed by atoms with Gasteiger partial charge in [0, 0.05) is 13.0 Å². The fourth-order valence-corrected chi connectivity index (χ4v) is 3.29. The van der Waals surface area contributed by atoms with E-state index in [-0.39, 0.29) is 16.3 Å². The van der Waals surface area contributed by atoms with Crippen molar-refractivity contribution in [2.24, 2.45) is 0 Å². The molecule has 0 saturated carbocycles. The van der Waals surface area contributed by atoms with Gasteiger partial charge in [-0.3, -0.25) is 4.79 Å². The van der Waals surface area contributed by atoms with Crippen molar-refractivity contribution in [2.75, 3.05) is 6.54 Å². The van der Waals surface area contributed by atoms with Gasteiger partial charge in [-0.15, -0.1) is 0 Å². The average Bonchev–Trinajstić information content (AvgIpc) is 2.37. The molecule has 0 fully saturated rings. The van der Waals surface area contributed by atoms with Crippen LogP contribution in [0.3, 0.4) is 0 Å². The monoisotopic (exact) mass is 319 g/mol. The van der Waals surface area contributed by atoms with Crippen molar-refractivity contribution < 1.29 is 18.3 Å². The van der Waals surface area contributed by atoms with Gasteiger partial charge < -0.3 is 5.11 Å². The zero-order valence-corrected chi connectivity index (χ0v) is 12.6. The highest BCUT2D eigenvalue weighted by Crippen LogP contribution is 2.20. The molecule has 0 spiro atoms. The Morgan fingerprint density at radius 3 is 2.45 bits per heavy atom. The molecular weight excluding hydrogens is 302 g/mol. The van der Waals surface area contributed by atoms with Crippen molar-refractivity contribution in [1.82, 2.24) is 4.72 Å². The molecule has 0 amide bonds. The molecule has 1 aromatic rings. The van der Waals surface area contributed by atoms with Gasteiger partial charge in [-0.25, -0.2) is 13.1 Å². The van der Waals surface area contributed by atoms with E-state index in [4.69, 9.17) is 16.7 Å². The van der Waals surface area contributed by atoms with Gasteiger partial charge in [0.25, 0.3) is 0 Å². The van der Waals surface area contributed by atoms with Crippen molar-refractivity contribution in [3.63, 3.8) is 0 Å². The van der Waals surface area contributed by atoms with Crippen LogP contribution in [-0.2, 0) is 14.8 Å². The van der Waals surface area contributed by atoms with E-state index in [9.17, 15) is 13.2 Å². The zero-order valence-electron chi connectivity index (χ0n) is 11.0. The molecule has 112 valence electrons. The first-order valence-corrected chi connectivity index (χ1v) is 8.25. The minimum atomic E-state index is -3.57. The molecule has 1 aromatic carbocycles. The summed E-state index contributed by atoms with van der Waals surface area (Å²) >= 11 is 5.84. The average molecular weight is 320 g/mol. The van der Waals surface area contributed by atoms with E-state index >= 15 is 0 Å². The van der Waals surface area contributed by atoms with Crippen molar-refractivity contribution >= 4 is 27.6 Å². The highest BCUT2D eigenvalue weighted by atomic mass is 35.5. The summed E-state index contributed by atoms with van der Waals surface area (Å²) in [6.07, 6.45) is 3.01. The number of benzene rings is 1. The third kappa shape index (κ3) is 5.90. The van der Waals surface area contributed by atoms with Crippen LogP contribution in [0.1, 0.15) is 32.1 Å². The Balaban J connectivity index is 2.31. The van der Waals surface area contributed by atoms with Crippen LogP contribution >= 0.6 is 11.6 Å². The Hall–Kier alpha value is -1.11. The van der Waals surface area contributed by atoms with Gasteiger partial charge in [0.05, 0.1) is 5.02 Å². The van der Waals surface area contributed by atoms with Crippen molar-refractivity contribution in [1.29, 1.82) is 0 Å². The third-order valence-corrected chi connectivity index (χ3v) is 4.70. The lowest BCUT2D eigenvalue weighted by Gasteiger charge is -2.07. The Morgan fingerprint density at radius 1 is 1.15 bits per heavy atom. The van der Waals surface area contributed by atoms with Crippen LogP contribution in [0.25, 0.3) is 0 Å². The predicted octanol–water partition coefficient (Wildman–Crippen LogP) is 2.65. The van der Waals surface area contributed by atoms with Gasteiger partial charge in [-0.1, -0.05) is 36.6 Å². The molecule has 5 nitrogen and oxygen atoms in total. The van der Waals surface area contributed by atoms with E-state index in [2.05, 4.69) is 4.72 Å². The van der Waals surface area contributed by atoms with Gasteiger partial charge in [0.15, 0.2) is 0 Å². The van der Waals surface area contributed by atoms with Crippen LogP contribution < -0.4 is 4.72 Å². The van der Waals surface area contributed by atoms with Gasteiger partial charge in [-0.2, -0.15) is 0 Å². The molecule has 7 heteroatoms. The van der Waals surface area contributed by atoms with Crippen LogP contribution in [0.4, 0.5) is 0 Å². The second-order valence-corrected chi connectivity index (χ2v) is 6.53. The molecular formula is C13H18ClNO4S.